The van der Waals surface area contributed by atoms with Crippen molar-refractivity contribution in [2.45, 2.75) is 18.7 Å². The third-order valence-electron chi connectivity index (χ3n) is 4.61. The molecule has 0 saturated carbocycles. The second kappa shape index (κ2) is 9.60. The van der Waals surface area contributed by atoms with Crippen molar-refractivity contribution < 1.29 is 27.5 Å². The smallest absolute Gasteiger partial charge is 0.348 e. The molecule has 0 unspecified atom stereocenters. The van der Waals surface area contributed by atoms with Crippen LogP contribution in [-0.2, 0) is 19.6 Å². The molecular formula is C22H22N2O6S2. The van der Waals surface area contributed by atoms with Crippen LogP contribution in [0.15, 0.2) is 53.4 Å². The Morgan fingerprint density at radius 3 is 2.38 bits per heavy atom. The van der Waals surface area contributed by atoms with Crippen molar-refractivity contribution in [3.63, 3.8) is 0 Å². The minimum Gasteiger partial charge on any atom is -0.462 e. The zero-order valence-electron chi connectivity index (χ0n) is 17.7. The number of benzene rings is 2. The summed E-state index contributed by atoms with van der Waals surface area (Å²) >= 11 is 1.29. The van der Waals surface area contributed by atoms with Crippen LogP contribution >= 0.6 is 11.3 Å². The molecule has 0 radical (unpaired) electrons. The number of nitrogens with zero attached hydrogens (tertiary/aromatic N) is 1. The molecule has 168 valence electrons. The number of amides is 1. The van der Waals surface area contributed by atoms with Crippen LogP contribution < -0.4 is 5.32 Å². The van der Waals surface area contributed by atoms with Crippen molar-refractivity contribution in [1.82, 2.24) is 4.31 Å². The first-order valence-electron chi connectivity index (χ1n) is 9.69. The van der Waals surface area contributed by atoms with Gasteiger partial charge in [-0.05, 0) is 55.6 Å². The summed E-state index contributed by atoms with van der Waals surface area (Å²) in [5.74, 6) is -1.09. The quantitative estimate of drug-likeness (QED) is 0.395. The summed E-state index contributed by atoms with van der Waals surface area (Å²) in [6.45, 7) is 3.01. The lowest BCUT2D eigenvalue weighted by molar-refractivity contribution is -0.116. The van der Waals surface area contributed by atoms with E-state index in [-0.39, 0.29) is 17.3 Å². The highest BCUT2D eigenvalue weighted by Gasteiger charge is 2.23. The molecule has 0 aliphatic heterocycles. The molecule has 8 nitrogen and oxygen atoms in total. The zero-order chi connectivity index (χ0) is 23.5. The fourth-order valence-corrected chi connectivity index (χ4v) is 5.02. The van der Waals surface area contributed by atoms with Crippen LogP contribution in [0.4, 0.5) is 5.69 Å². The van der Waals surface area contributed by atoms with Crippen molar-refractivity contribution in [1.29, 1.82) is 0 Å². The highest BCUT2D eigenvalue weighted by Crippen LogP contribution is 2.28. The largest absolute Gasteiger partial charge is 0.462 e. The second-order valence-electron chi connectivity index (χ2n) is 6.97. The minimum atomic E-state index is -3.90. The maximum atomic E-state index is 12.7. The van der Waals surface area contributed by atoms with Crippen molar-refractivity contribution in [3.8, 4) is 0 Å². The molecular weight excluding hydrogens is 452 g/mol. The molecule has 1 heterocycles. The molecule has 0 aliphatic rings. The summed E-state index contributed by atoms with van der Waals surface area (Å²) in [7, 11) is -2.60. The minimum absolute atomic E-state index is 0.0102. The first kappa shape index (κ1) is 23.6. The third-order valence-corrected chi connectivity index (χ3v) is 7.53. The van der Waals surface area contributed by atoms with Crippen LogP contribution in [0.3, 0.4) is 0 Å². The Hall–Kier alpha value is -3.08. The topological polar surface area (TPSA) is 110 Å². The number of esters is 1. The number of ketones is 1. The van der Waals surface area contributed by atoms with Gasteiger partial charge in [0.2, 0.25) is 15.9 Å². The lowest BCUT2D eigenvalue weighted by Crippen LogP contribution is -2.35. The van der Waals surface area contributed by atoms with Crippen LogP contribution in [-0.4, -0.2) is 50.6 Å². The number of carbonyl (C=O) groups is 3. The Kier molecular flexibility index (Phi) is 7.07. The number of thiophene rings is 1. The number of ether oxygens (including phenoxy) is 1. The van der Waals surface area contributed by atoms with Crippen molar-refractivity contribution >= 4 is 54.8 Å². The summed E-state index contributed by atoms with van der Waals surface area (Å²) in [6, 6.07) is 12.4. The van der Waals surface area contributed by atoms with E-state index in [2.05, 4.69) is 5.32 Å². The van der Waals surface area contributed by atoms with E-state index >= 15 is 0 Å². The predicted molar refractivity (Wildman–Crippen MR) is 123 cm³/mol. The van der Waals surface area contributed by atoms with Gasteiger partial charge in [0.1, 0.15) is 4.88 Å². The van der Waals surface area contributed by atoms with E-state index in [1.165, 1.54) is 49.6 Å². The molecule has 3 rings (SSSR count). The molecule has 32 heavy (non-hydrogen) atoms. The molecule has 2 aromatic carbocycles. The van der Waals surface area contributed by atoms with Crippen molar-refractivity contribution in [2.75, 3.05) is 25.5 Å². The van der Waals surface area contributed by atoms with Gasteiger partial charge in [-0.25, -0.2) is 13.2 Å². The van der Waals surface area contributed by atoms with Gasteiger partial charge in [0.25, 0.3) is 0 Å². The van der Waals surface area contributed by atoms with Crippen LogP contribution in [0, 0.1) is 0 Å². The molecule has 0 atom stereocenters. The number of anilines is 1. The van der Waals surface area contributed by atoms with Crippen LogP contribution in [0.5, 0.6) is 0 Å². The van der Waals surface area contributed by atoms with Crippen molar-refractivity contribution in [2.24, 2.45) is 0 Å². The summed E-state index contributed by atoms with van der Waals surface area (Å²) in [4.78, 5) is 36.2. The van der Waals surface area contributed by atoms with E-state index in [0.29, 0.717) is 16.1 Å². The highest BCUT2D eigenvalue weighted by molar-refractivity contribution is 7.89. The fourth-order valence-electron chi connectivity index (χ4n) is 2.95. The zero-order valence-corrected chi connectivity index (χ0v) is 19.4. The fraction of sp³-hybridized carbons (Fsp3) is 0.227. The summed E-state index contributed by atoms with van der Waals surface area (Å²) < 4.78 is 32.2. The number of carbonyl (C=O) groups excluding carboxylic acids is 3. The van der Waals surface area contributed by atoms with Crippen molar-refractivity contribution in [3.05, 3.63) is 59.0 Å². The molecule has 10 heteroatoms. The number of hydrogen-bond acceptors (Lipinski definition) is 7. The Labute approximate surface area is 189 Å². The Balaban J connectivity index is 1.69. The Morgan fingerprint density at radius 1 is 1.06 bits per heavy atom. The van der Waals surface area contributed by atoms with Crippen LogP contribution in [0.1, 0.15) is 33.9 Å². The van der Waals surface area contributed by atoms with E-state index in [0.717, 1.165) is 14.4 Å². The Morgan fingerprint density at radius 2 is 1.75 bits per heavy atom. The van der Waals surface area contributed by atoms with Gasteiger partial charge < -0.3 is 10.1 Å². The van der Waals surface area contributed by atoms with Crippen LogP contribution in [0.25, 0.3) is 10.1 Å². The molecule has 0 aliphatic carbocycles. The monoisotopic (exact) mass is 474 g/mol. The van der Waals surface area contributed by atoms with Crippen LogP contribution in [0.2, 0.25) is 0 Å². The Bertz CT molecular complexity index is 1280. The van der Waals surface area contributed by atoms with Gasteiger partial charge in [0.05, 0.1) is 18.0 Å². The lowest BCUT2D eigenvalue weighted by atomic mass is 10.2. The molecule has 0 fully saturated rings. The summed E-state index contributed by atoms with van der Waals surface area (Å²) in [5.41, 5.74) is 0.881. The van der Waals surface area contributed by atoms with Gasteiger partial charge in [-0.2, -0.15) is 4.31 Å². The predicted octanol–water partition coefficient (Wildman–Crippen LogP) is 3.54. The molecule has 0 bridgehead atoms. The first-order valence-corrected chi connectivity index (χ1v) is 12.0. The van der Waals surface area contributed by atoms with E-state index in [1.54, 1.807) is 31.2 Å². The van der Waals surface area contributed by atoms with Gasteiger partial charge in [-0.15, -0.1) is 11.3 Å². The highest BCUT2D eigenvalue weighted by atomic mass is 32.2. The van der Waals surface area contributed by atoms with Gasteiger partial charge in [-0.3, -0.25) is 9.59 Å². The number of sulfonamides is 1. The SMILES string of the molecule is CCOC(=O)c1cc2cc(NC(=O)CN(C)S(=O)(=O)c3ccc(C(C)=O)cc3)ccc2s1. The normalized spacial score (nSPS) is 11.5. The standard InChI is InChI=1S/C22H22N2O6S2/c1-4-30-22(27)20-12-16-11-17(7-10-19(16)31-20)23-21(26)13-24(3)32(28,29)18-8-5-15(6-9-18)14(2)25/h5-12H,4,13H2,1-3H3,(H,23,26). The third kappa shape index (κ3) is 5.21. The van der Waals surface area contributed by atoms with Gasteiger partial charge in [-0.1, -0.05) is 12.1 Å². The van der Waals surface area contributed by atoms with Gasteiger partial charge >= 0.3 is 5.97 Å². The summed E-state index contributed by atoms with van der Waals surface area (Å²) in [6.07, 6.45) is 0. The number of fused-ring (bicyclic) bond motifs is 1. The van der Waals surface area contributed by atoms with E-state index < -0.39 is 28.4 Å². The molecule has 3 aromatic rings. The molecule has 0 saturated heterocycles. The summed E-state index contributed by atoms with van der Waals surface area (Å²) in [5, 5.41) is 3.44. The first-order chi connectivity index (χ1) is 15.1. The van der Waals surface area contributed by atoms with E-state index in [4.69, 9.17) is 4.74 Å². The number of likely N-dealkylation sites (N-methyl/N-ethyl adjacent to an activating group) is 1. The molecule has 1 amide bonds. The molecule has 1 aromatic heterocycles. The number of nitrogens with one attached hydrogen (secondary N) is 1. The van der Waals surface area contributed by atoms with E-state index in [9.17, 15) is 22.8 Å². The number of rotatable bonds is 8. The van der Waals surface area contributed by atoms with Gasteiger partial charge in [0, 0.05) is 23.0 Å². The van der Waals surface area contributed by atoms with E-state index in [1.807, 2.05) is 0 Å². The maximum absolute atomic E-state index is 12.7. The lowest BCUT2D eigenvalue weighted by Gasteiger charge is -2.17. The molecule has 1 N–H and O–H groups in total. The molecule has 0 spiro atoms. The number of Topliss-reactive ketones (excluding diaryl/α,β-unsaturated/α-hetero) is 1. The average molecular weight is 475 g/mol. The number of hydrogen-bond donors (Lipinski definition) is 1. The average Bonchev–Trinajstić information content (AvgIpc) is 3.17. The second-order valence-corrected chi connectivity index (χ2v) is 10.1. The van der Waals surface area contributed by atoms with Gasteiger partial charge in [0.15, 0.2) is 5.78 Å². The maximum Gasteiger partial charge on any atom is 0.348 e.